The molecule has 1 aliphatic carbocycles. The van der Waals surface area contributed by atoms with Gasteiger partial charge in [0.1, 0.15) is 0 Å². The molecular weight excluding hydrogens is 348 g/mol. The van der Waals surface area contributed by atoms with Gasteiger partial charge in [-0.3, -0.25) is 14.5 Å². The average molecular weight is 377 g/mol. The molecule has 2 bridgehead atoms. The normalized spacial score (nSPS) is 35.2. The van der Waals surface area contributed by atoms with E-state index in [1.807, 2.05) is 18.2 Å². The van der Waals surface area contributed by atoms with Crippen LogP contribution < -0.4 is 5.32 Å². The molecule has 5 atom stereocenters. The SMILES string of the molecule is O=C1CC([C@@H]2CC3C=C[C@H]2N3C2C=CCCCCC2)c2ccccc2NC1=O. The molecule has 1 amide bonds. The fraction of sp³-hybridized carbons (Fsp3) is 0.500. The summed E-state index contributed by atoms with van der Waals surface area (Å²) in [6.07, 6.45) is 17.2. The van der Waals surface area contributed by atoms with Crippen LogP contribution in [0, 0.1) is 5.92 Å². The van der Waals surface area contributed by atoms with Gasteiger partial charge in [-0.15, -0.1) is 0 Å². The average Bonchev–Trinajstić information content (AvgIpc) is 3.20. The van der Waals surface area contributed by atoms with Crippen LogP contribution in [0.2, 0.25) is 0 Å². The van der Waals surface area contributed by atoms with Gasteiger partial charge in [-0.05, 0) is 49.1 Å². The molecule has 1 aromatic carbocycles. The van der Waals surface area contributed by atoms with Gasteiger partial charge < -0.3 is 5.32 Å². The second-order valence-electron chi connectivity index (χ2n) is 8.70. The van der Waals surface area contributed by atoms with Gasteiger partial charge in [-0.1, -0.05) is 55.3 Å². The van der Waals surface area contributed by atoms with Gasteiger partial charge in [0, 0.05) is 30.2 Å². The number of para-hydroxylation sites is 1. The number of carbonyl (C=O) groups excluding carboxylic acids is 2. The molecule has 3 heterocycles. The Morgan fingerprint density at radius 3 is 2.79 bits per heavy atom. The largest absolute Gasteiger partial charge is 0.319 e. The quantitative estimate of drug-likeness (QED) is 0.622. The highest BCUT2D eigenvalue weighted by Gasteiger charge is 2.49. The van der Waals surface area contributed by atoms with Crippen LogP contribution in [0.15, 0.2) is 48.6 Å². The summed E-state index contributed by atoms with van der Waals surface area (Å²) < 4.78 is 0. The molecule has 1 N–H and O–H groups in total. The molecule has 0 aromatic heterocycles. The van der Waals surface area contributed by atoms with E-state index >= 15 is 0 Å². The zero-order valence-corrected chi connectivity index (χ0v) is 16.2. The molecule has 0 saturated carbocycles. The Morgan fingerprint density at radius 1 is 0.964 bits per heavy atom. The molecule has 1 aromatic rings. The Morgan fingerprint density at radius 2 is 1.86 bits per heavy atom. The standard InChI is InChI=1S/C24H28N2O2/c27-23-15-19(18-10-6-7-11-21(18)25-24(23)28)20-14-17-12-13-22(20)26(17)16-8-4-2-1-3-5-9-16/h4,6-8,10-13,16-17,19-20,22H,1-3,5,9,14-15H2,(H,25,28)/t16?,17?,19?,20-,22+/m0/s1. The van der Waals surface area contributed by atoms with Gasteiger partial charge >= 0.3 is 0 Å². The van der Waals surface area contributed by atoms with E-state index in [0.29, 0.717) is 30.5 Å². The fourth-order valence-corrected chi connectivity index (χ4v) is 5.81. The van der Waals surface area contributed by atoms with Crippen molar-refractivity contribution in [2.45, 2.75) is 69.0 Å². The molecule has 0 radical (unpaired) electrons. The summed E-state index contributed by atoms with van der Waals surface area (Å²) in [5.41, 5.74) is 1.94. The summed E-state index contributed by atoms with van der Waals surface area (Å²) in [5, 5.41) is 2.83. The maximum absolute atomic E-state index is 12.5. The van der Waals surface area contributed by atoms with E-state index in [0.717, 1.165) is 17.7 Å². The molecule has 0 spiro atoms. The number of Topliss-reactive ketones (excluding diaryl/α,β-unsaturated/α-hetero) is 1. The second kappa shape index (κ2) is 7.32. The Hall–Kier alpha value is -2.20. The number of hydrogen-bond acceptors (Lipinski definition) is 3. The number of nitrogens with zero attached hydrogens (tertiary/aromatic N) is 1. The molecular formula is C24H28N2O2. The molecule has 1 saturated heterocycles. The lowest BCUT2D eigenvalue weighted by Gasteiger charge is -2.33. The van der Waals surface area contributed by atoms with Crippen LogP contribution in [0.5, 0.6) is 0 Å². The van der Waals surface area contributed by atoms with Crippen LogP contribution in [-0.4, -0.2) is 34.7 Å². The van der Waals surface area contributed by atoms with Crippen molar-refractivity contribution in [2.24, 2.45) is 5.92 Å². The van der Waals surface area contributed by atoms with E-state index in [2.05, 4.69) is 40.6 Å². The minimum absolute atomic E-state index is 0.0997. The predicted molar refractivity (Wildman–Crippen MR) is 110 cm³/mol. The Labute approximate surface area is 166 Å². The number of amides is 1. The number of allylic oxidation sites excluding steroid dienone is 1. The summed E-state index contributed by atoms with van der Waals surface area (Å²) in [6, 6.07) is 9.28. The van der Waals surface area contributed by atoms with Gasteiger partial charge in [-0.2, -0.15) is 0 Å². The molecule has 4 nitrogen and oxygen atoms in total. The third kappa shape index (κ3) is 3.04. The number of hydrogen-bond donors (Lipinski definition) is 1. The fourth-order valence-electron chi connectivity index (χ4n) is 5.81. The lowest BCUT2D eigenvalue weighted by atomic mass is 9.76. The van der Waals surface area contributed by atoms with Gasteiger partial charge in [0.05, 0.1) is 0 Å². The minimum Gasteiger partial charge on any atom is -0.319 e. The summed E-state index contributed by atoms with van der Waals surface area (Å²) in [5.74, 6) is -0.270. The van der Waals surface area contributed by atoms with E-state index in [4.69, 9.17) is 0 Å². The van der Waals surface area contributed by atoms with E-state index in [-0.39, 0.29) is 11.7 Å². The molecule has 4 aliphatic rings. The molecule has 5 rings (SSSR count). The van der Waals surface area contributed by atoms with Crippen molar-refractivity contribution in [3.05, 3.63) is 54.1 Å². The van der Waals surface area contributed by atoms with Crippen LogP contribution in [0.4, 0.5) is 5.69 Å². The lowest BCUT2D eigenvalue weighted by molar-refractivity contribution is -0.135. The second-order valence-corrected chi connectivity index (χ2v) is 8.70. The minimum atomic E-state index is -0.464. The van der Waals surface area contributed by atoms with E-state index < -0.39 is 5.91 Å². The van der Waals surface area contributed by atoms with Crippen LogP contribution in [0.25, 0.3) is 0 Å². The van der Waals surface area contributed by atoms with E-state index in [1.54, 1.807) is 0 Å². The molecule has 4 heteroatoms. The number of nitrogens with one attached hydrogen (secondary N) is 1. The maximum atomic E-state index is 12.5. The zero-order chi connectivity index (χ0) is 19.1. The maximum Gasteiger partial charge on any atom is 0.291 e. The first-order valence-corrected chi connectivity index (χ1v) is 10.8. The molecule has 1 fully saturated rings. The van der Waals surface area contributed by atoms with Gasteiger partial charge in [0.2, 0.25) is 5.78 Å². The van der Waals surface area contributed by atoms with Gasteiger partial charge in [0.15, 0.2) is 0 Å². The predicted octanol–water partition coefficient (Wildman–Crippen LogP) is 4.20. The van der Waals surface area contributed by atoms with Gasteiger partial charge in [-0.25, -0.2) is 0 Å². The smallest absolute Gasteiger partial charge is 0.291 e. The highest BCUT2D eigenvalue weighted by Crippen LogP contribution is 2.49. The van der Waals surface area contributed by atoms with Crippen LogP contribution in [-0.2, 0) is 9.59 Å². The highest BCUT2D eigenvalue weighted by atomic mass is 16.2. The van der Waals surface area contributed by atoms with Crippen LogP contribution >= 0.6 is 0 Å². The number of anilines is 1. The van der Waals surface area contributed by atoms with Crippen molar-refractivity contribution < 1.29 is 9.59 Å². The lowest BCUT2D eigenvalue weighted by Crippen LogP contribution is -2.40. The van der Waals surface area contributed by atoms with E-state index in [9.17, 15) is 9.59 Å². The summed E-state index contributed by atoms with van der Waals surface area (Å²) in [7, 11) is 0. The van der Waals surface area contributed by atoms with Crippen LogP contribution in [0.3, 0.4) is 0 Å². The summed E-state index contributed by atoms with van der Waals surface area (Å²) >= 11 is 0. The topological polar surface area (TPSA) is 49.4 Å². The summed E-state index contributed by atoms with van der Waals surface area (Å²) in [4.78, 5) is 27.3. The van der Waals surface area contributed by atoms with Gasteiger partial charge in [0.25, 0.3) is 5.91 Å². The zero-order valence-electron chi connectivity index (χ0n) is 16.2. The first-order chi connectivity index (χ1) is 13.7. The molecule has 3 aliphatic heterocycles. The molecule has 3 unspecified atom stereocenters. The third-order valence-corrected chi connectivity index (χ3v) is 7.11. The number of rotatable bonds is 2. The number of benzene rings is 1. The highest BCUT2D eigenvalue weighted by molar-refractivity contribution is 6.41. The number of fused-ring (bicyclic) bond motifs is 3. The third-order valence-electron chi connectivity index (χ3n) is 7.11. The van der Waals surface area contributed by atoms with Crippen molar-refractivity contribution in [3.8, 4) is 0 Å². The van der Waals surface area contributed by atoms with E-state index in [1.165, 1.54) is 32.1 Å². The Kier molecular flexibility index (Phi) is 4.67. The van der Waals surface area contributed by atoms with Crippen molar-refractivity contribution in [1.29, 1.82) is 0 Å². The Balaban J connectivity index is 1.46. The number of carbonyl (C=O) groups is 2. The summed E-state index contributed by atoms with van der Waals surface area (Å²) in [6.45, 7) is 0. The first kappa shape index (κ1) is 17.9. The van der Waals surface area contributed by atoms with Crippen molar-refractivity contribution in [1.82, 2.24) is 4.90 Å². The Bertz CT molecular complexity index is 843. The van der Waals surface area contributed by atoms with Crippen molar-refractivity contribution >= 4 is 17.4 Å². The van der Waals surface area contributed by atoms with Crippen LogP contribution in [0.1, 0.15) is 56.4 Å². The van der Waals surface area contributed by atoms with Crippen molar-refractivity contribution in [2.75, 3.05) is 5.32 Å². The molecule has 146 valence electrons. The molecule has 28 heavy (non-hydrogen) atoms. The number of ketones is 1. The van der Waals surface area contributed by atoms with Crippen molar-refractivity contribution in [3.63, 3.8) is 0 Å². The monoisotopic (exact) mass is 376 g/mol. The first-order valence-electron chi connectivity index (χ1n) is 10.8.